The van der Waals surface area contributed by atoms with Gasteiger partial charge in [-0.25, -0.2) is 4.39 Å². The van der Waals surface area contributed by atoms with E-state index in [9.17, 15) is 14.0 Å². The zero-order chi connectivity index (χ0) is 17.3. The molecule has 5 heteroatoms. The van der Waals surface area contributed by atoms with Crippen LogP contribution >= 0.6 is 0 Å². The van der Waals surface area contributed by atoms with Gasteiger partial charge in [-0.3, -0.25) is 9.59 Å². The predicted octanol–water partition coefficient (Wildman–Crippen LogP) is 3.75. The molecule has 2 aromatic carbocycles. The molecule has 0 unspecified atom stereocenters. The molecule has 1 aliphatic rings. The Balaban J connectivity index is 1.72. The maximum absolute atomic E-state index is 12.9. The van der Waals surface area contributed by atoms with Gasteiger partial charge in [-0.15, -0.1) is 0 Å². The Morgan fingerprint density at radius 2 is 1.92 bits per heavy atom. The van der Waals surface area contributed by atoms with Gasteiger partial charge in [0.1, 0.15) is 17.2 Å². The molecule has 0 aliphatic carbocycles. The van der Waals surface area contributed by atoms with Crippen LogP contribution in [0, 0.1) is 5.82 Å². The molecule has 124 valence electrons. The van der Waals surface area contributed by atoms with Crippen LogP contribution in [-0.4, -0.2) is 17.3 Å². The molecule has 0 aromatic heterocycles. The van der Waals surface area contributed by atoms with Crippen molar-refractivity contribution in [2.45, 2.75) is 32.3 Å². The van der Waals surface area contributed by atoms with E-state index in [1.54, 1.807) is 30.3 Å². The molecule has 0 spiro atoms. The molecule has 0 radical (unpaired) electrons. The van der Waals surface area contributed by atoms with Crippen molar-refractivity contribution in [1.82, 2.24) is 0 Å². The molecule has 1 amide bonds. The molecule has 3 rings (SSSR count). The van der Waals surface area contributed by atoms with Crippen molar-refractivity contribution in [3.05, 3.63) is 59.4 Å². The number of halogens is 1. The molecule has 0 bridgehead atoms. The van der Waals surface area contributed by atoms with E-state index in [1.807, 2.05) is 13.8 Å². The first-order valence-corrected chi connectivity index (χ1v) is 7.73. The van der Waals surface area contributed by atoms with Gasteiger partial charge in [-0.05, 0) is 49.7 Å². The molecular formula is C19H18FNO3. The highest BCUT2D eigenvalue weighted by atomic mass is 19.1. The SMILES string of the molecule is CC1(C)CC(=O)c2cc(NC(=O)Cc3ccc(F)cc3)ccc2O1. The number of nitrogens with one attached hydrogen (secondary N) is 1. The molecule has 0 atom stereocenters. The van der Waals surface area contributed by atoms with E-state index in [0.29, 0.717) is 29.0 Å². The standard InChI is InChI=1S/C19H18FNO3/c1-19(2)11-16(22)15-10-14(7-8-17(15)24-19)21-18(23)9-12-3-5-13(20)6-4-12/h3-8,10H,9,11H2,1-2H3,(H,21,23). The number of anilines is 1. The number of ether oxygens (including phenoxy) is 1. The second-order valence-electron chi connectivity index (χ2n) is 6.52. The van der Waals surface area contributed by atoms with Crippen molar-refractivity contribution in [1.29, 1.82) is 0 Å². The minimum absolute atomic E-state index is 0.00381. The van der Waals surface area contributed by atoms with E-state index < -0.39 is 5.60 Å². The number of ketones is 1. The zero-order valence-corrected chi connectivity index (χ0v) is 13.6. The third-order valence-electron chi connectivity index (χ3n) is 3.81. The quantitative estimate of drug-likeness (QED) is 0.934. The van der Waals surface area contributed by atoms with E-state index in [1.165, 1.54) is 12.1 Å². The fourth-order valence-corrected chi connectivity index (χ4v) is 2.72. The van der Waals surface area contributed by atoms with Crippen LogP contribution < -0.4 is 10.1 Å². The third kappa shape index (κ3) is 3.62. The first kappa shape index (κ1) is 16.2. The Bertz CT molecular complexity index is 797. The highest BCUT2D eigenvalue weighted by molar-refractivity contribution is 6.02. The largest absolute Gasteiger partial charge is 0.487 e. The number of amides is 1. The second-order valence-corrected chi connectivity index (χ2v) is 6.52. The lowest BCUT2D eigenvalue weighted by Crippen LogP contribution is -2.35. The number of Topliss-reactive ketones (excluding diaryl/α,β-unsaturated/α-hetero) is 1. The fourth-order valence-electron chi connectivity index (χ4n) is 2.72. The van der Waals surface area contributed by atoms with Gasteiger partial charge in [0.05, 0.1) is 18.4 Å². The highest BCUT2D eigenvalue weighted by Crippen LogP contribution is 2.34. The highest BCUT2D eigenvalue weighted by Gasteiger charge is 2.32. The van der Waals surface area contributed by atoms with Gasteiger partial charge >= 0.3 is 0 Å². The molecule has 1 N–H and O–H groups in total. The molecular weight excluding hydrogens is 309 g/mol. The Labute approximate surface area is 139 Å². The van der Waals surface area contributed by atoms with Crippen molar-refractivity contribution in [3.63, 3.8) is 0 Å². The van der Waals surface area contributed by atoms with Gasteiger partial charge in [-0.2, -0.15) is 0 Å². The second kappa shape index (κ2) is 6.07. The van der Waals surface area contributed by atoms with Crippen LogP contribution in [0.5, 0.6) is 5.75 Å². The van der Waals surface area contributed by atoms with Gasteiger partial charge in [0.2, 0.25) is 5.91 Å². The van der Waals surface area contributed by atoms with Crippen LogP contribution in [0.4, 0.5) is 10.1 Å². The minimum atomic E-state index is -0.516. The van der Waals surface area contributed by atoms with Crippen LogP contribution in [0.25, 0.3) is 0 Å². The predicted molar refractivity (Wildman–Crippen MR) is 88.8 cm³/mol. The summed E-state index contributed by atoms with van der Waals surface area (Å²) in [5.41, 5.74) is 1.22. The lowest BCUT2D eigenvalue weighted by molar-refractivity contribution is -0.115. The van der Waals surface area contributed by atoms with Gasteiger partial charge in [0, 0.05) is 5.69 Å². The zero-order valence-electron chi connectivity index (χ0n) is 13.6. The maximum atomic E-state index is 12.9. The first-order valence-electron chi connectivity index (χ1n) is 7.73. The summed E-state index contributed by atoms with van der Waals surface area (Å²) >= 11 is 0. The number of benzene rings is 2. The van der Waals surface area contributed by atoms with E-state index in [0.717, 1.165) is 0 Å². The van der Waals surface area contributed by atoms with Crippen LogP contribution in [0.15, 0.2) is 42.5 Å². The Morgan fingerprint density at radius 3 is 2.62 bits per heavy atom. The number of rotatable bonds is 3. The Morgan fingerprint density at radius 1 is 1.21 bits per heavy atom. The van der Waals surface area contributed by atoms with Crippen molar-refractivity contribution in [3.8, 4) is 5.75 Å². The van der Waals surface area contributed by atoms with E-state index >= 15 is 0 Å². The van der Waals surface area contributed by atoms with E-state index in [-0.39, 0.29) is 23.9 Å². The Hall–Kier alpha value is -2.69. The van der Waals surface area contributed by atoms with Crippen molar-refractivity contribution >= 4 is 17.4 Å². The number of carbonyl (C=O) groups excluding carboxylic acids is 2. The topological polar surface area (TPSA) is 55.4 Å². The summed E-state index contributed by atoms with van der Waals surface area (Å²) in [6.07, 6.45) is 0.432. The third-order valence-corrected chi connectivity index (χ3v) is 3.81. The van der Waals surface area contributed by atoms with Crippen LogP contribution in [0.1, 0.15) is 36.2 Å². The van der Waals surface area contributed by atoms with Gasteiger partial charge < -0.3 is 10.1 Å². The van der Waals surface area contributed by atoms with Crippen LogP contribution in [0.3, 0.4) is 0 Å². The van der Waals surface area contributed by atoms with Crippen LogP contribution in [0.2, 0.25) is 0 Å². The Kier molecular flexibility index (Phi) is 4.09. The summed E-state index contributed by atoms with van der Waals surface area (Å²) in [6, 6.07) is 10.8. The average molecular weight is 327 g/mol. The number of hydrogen-bond donors (Lipinski definition) is 1. The molecule has 0 saturated heterocycles. The van der Waals surface area contributed by atoms with Gasteiger partial charge in [0.15, 0.2) is 5.78 Å². The molecule has 1 aliphatic heterocycles. The summed E-state index contributed by atoms with van der Waals surface area (Å²) < 4.78 is 18.7. The monoisotopic (exact) mass is 327 g/mol. The molecule has 2 aromatic rings. The lowest BCUT2D eigenvalue weighted by atomic mass is 9.93. The molecule has 4 nitrogen and oxygen atoms in total. The summed E-state index contributed by atoms with van der Waals surface area (Å²) in [6.45, 7) is 3.73. The fraction of sp³-hybridized carbons (Fsp3) is 0.263. The van der Waals surface area contributed by atoms with Gasteiger partial charge in [-0.1, -0.05) is 12.1 Å². The molecule has 24 heavy (non-hydrogen) atoms. The van der Waals surface area contributed by atoms with Gasteiger partial charge in [0.25, 0.3) is 0 Å². The summed E-state index contributed by atoms with van der Waals surface area (Å²) in [5.74, 6) is -0.0370. The van der Waals surface area contributed by atoms with Crippen molar-refractivity contribution in [2.75, 3.05) is 5.32 Å². The van der Waals surface area contributed by atoms with Crippen molar-refractivity contribution < 1.29 is 18.7 Å². The first-order chi connectivity index (χ1) is 11.3. The summed E-state index contributed by atoms with van der Waals surface area (Å²) in [5, 5.41) is 2.76. The maximum Gasteiger partial charge on any atom is 0.228 e. The number of hydrogen-bond acceptors (Lipinski definition) is 3. The average Bonchev–Trinajstić information content (AvgIpc) is 2.49. The number of fused-ring (bicyclic) bond motifs is 1. The molecule has 0 fully saturated rings. The van der Waals surface area contributed by atoms with Crippen molar-refractivity contribution in [2.24, 2.45) is 0 Å². The van der Waals surface area contributed by atoms with E-state index in [2.05, 4.69) is 5.32 Å². The number of carbonyl (C=O) groups is 2. The normalized spacial score (nSPS) is 15.4. The summed E-state index contributed by atoms with van der Waals surface area (Å²) in [4.78, 5) is 24.3. The van der Waals surface area contributed by atoms with E-state index in [4.69, 9.17) is 4.74 Å². The summed E-state index contributed by atoms with van der Waals surface area (Å²) in [7, 11) is 0. The minimum Gasteiger partial charge on any atom is -0.487 e. The van der Waals surface area contributed by atoms with Crippen LogP contribution in [-0.2, 0) is 11.2 Å². The lowest BCUT2D eigenvalue weighted by Gasteiger charge is -2.31. The molecule has 0 saturated carbocycles. The molecule has 1 heterocycles. The smallest absolute Gasteiger partial charge is 0.228 e.